The Bertz CT molecular complexity index is 600. The number of aromatic carboxylic acids is 1. The van der Waals surface area contributed by atoms with Gasteiger partial charge in [-0.25, -0.2) is 4.79 Å². The van der Waals surface area contributed by atoms with Crippen molar-refractivity contribution in [2.24, 2.45) is 0 Å². The highest BCUT2D eigenvalue weighted by atomic mass is 16.5. The Morgan fingerprint density at radius 2 is 2.17 bits per heavy atom. The summed E-state index contributed by atoms with van der Waals surface area (Å²) in [5, 5.41) is 13.1. The first-order valence-corrected chi connectivity index (χ1v) is 5.68. The molecule has 0 saturated heterocycles. The fraction of sp³-hybridized carbons (Fsp3) is 0.333. The quantitative estimate of drug-likeness (QED) is 0.889. The fourth-order valence-electron chi connectivity index (χ4n) is 1.82. The molecule has 6 heteroatoms. The molecule has 2 heterocycles. The SMILES string of the molecule is Cc1cnc(-c2noc(C3CC3)c2C(=O)O)cn1. The summed E-state index contributed by atoms with van der Waals surface area (Å²) in [7, 11) is 0. The number of carboxylic acids is 1. The standard InChI is InChI=1S/C12H11N3O3/c1-6-4-14-8(5-13-6)10-9(12(16)17)11(18-15-10)7-2-3-7/h4-5,7H,2-3H2,1H3,(H,16,17). The summed E-state index contributed by atoms with van der Waals surface area (Å²) >= 11 is 0. The summed E-state index contributed by atoms with van der Waals surface area (Å²) in [6.45, 7) is 1.81. The predicted octanol–water partition coefficient (Wildman–Crippen LogP) is 2.02. The molecule has 0 spiro atoms. The van der Waals surface area contributed by atoms with E-state index in [1.165, 1.54) is 6.20 Å². The Hall–Kier alpha value is -2.24. The third-order valence-electron chi connectivity index (χ3n) is 2.90. The maximum atomic E-state index is 11.3. The molecule has 0 radical (unpaired) electrons. The number of rotatable bonds is 3. The van der Waals surface area contributed by atoms with Gasteiger partial charge in [-0.3, -0.25) is 9.97 Å². The van der Waals surface area contributed by atoms with Gasteiger partial charge in [0.05, 0.1) is 11.9 Å². The zero-order valence-corrected chi connectivity index (χ0v) is 9.75. The van der Waals surface area contributed by atoms with Crippen LogP contribution in [0, 0.1) is 6.92 Å². The minimum atomic E-state index is -1.03. The minimum absolute atomic E-state index is 0.121. The maximum absolute atomic E-state index is 11.3. The van der Waals surface area contributed by atoms with Crippen molar-refractivity contribution in [2.75, 3.05) is 0 Å². The van der Waals surface area contributed by atoms with Crippen LogP contribution in [0.5, 0.6) is 0 Å². The summed E-state index contributed by atoms with van der Waals surface area (Å²) in [5.74, 6) is -0.383. The molecule has 1 fully saturated rings. The van der Waals surface area contributed by atoms with E-state index >= 15 is 0 Å². The first-order chi connectivity index (χ1) is 8.66. The molecule has 1 aliphatic carbocycles. The molecule has 0 aromatic carbocycles. The molecule has 1 saturated carbocycles. The van der Waals surface area contributed by atoms with E-state index in [9.17, 15) is 9.90 Å². The van der Waals surface area contributed by atoms with Gasteiger partial charge in [0, 0.05) is 12.1 Å². The fourth-order valence-corrected chi connectivity index (χ4v) is 1.82. The molecule has 1 N–H and O–H groups in total. The van der Waals surface area contributed by atoms with Crippen molar-refractivity contribution in [1.29, 1.82) is 0 Å². The third-order valence-corrected chi connectivity index (χ3v) is 2.90. The summed E-state index contributed by atoms with van der Waals surface area (Å²) in [6.07, 6.45) is 4.99. The monoisotopic (exact) mass is 245 g/mol. The Morgan fingerprint density at radius 1 is 1.39 bits per heavy atom. The second-order valence-corrected chi connectivity index (χ2v) is 4.39. The van der Waals surface area contributed by atoms with Crippen LogP contribution in [-0.4, -0.2) is 26.2 Å². The highest BCUT2D eigenvalue weighted by Gasteiger charge is 2.35. The topological polar surface area (TPSA) is 89.1 Å². The van der Waals surface area contributed by atoms with Crippen LogP contribution >= 0.6 is 0 Å². The Morgan fingerprint density at radius 3 is 2.72 bits per heavy atom. The third kappa shape index (κ3) is 1.75. The van der Waals surface area contributed by atoms with E-state index in [0.717, 1.165) is 18.5 Å². The van der Waals surface area contributed by atoms with E-state index in [0.29, 0.717) is 11.5 Å². The van der Waals surface area contributed by atoms with Crippen molar-refractivity contribution in [3.8, 4) is 11.4 Å². The number of hydrogen-bond acceptors (Lipinski definition) is 5. The van der Waals surface area contributed by atoms with Gasteiger partial charge >= 0.3 is 5.97 Å². The molecule has 0 amide bonds. The van der Waals surface area contributed by atoms with Crippen molar-refractivity contribution < 1.29 is 14.4 Å². The number of nitrogens with zero attached hydrogens (tertiary/aromatic N) is 3. The van der Waals surface area contributed by atoms with Gasteiger partial charge in [-0.2, -0.15) is 0 Å². The smallest absolute Gasteiger partial charge is 0.341 e. The number of aryl methyl sites for hydroxylation is 1. The van der Waals surface area contributed by atoms with Gasteiger partial charge in [-0.15, -0.1) is 0 Å². The van der Waals surface area contributed by atoms with E-state index < -0.39 is 5.97 Å². The summed E-state index contributed by atoms with van der Waals surface area (Å²) < 4.78 is 5.17. The minimum Gasteiger partial charge on any atom is -0.477 e. The van der Waals surface area contributed by atoms with Gasteiger partial charge in [0.2, 0.25) is 0 Å². The molecule has 18 heavy (non-hydrogen) atoms. The van der Waals surface area contributed by atoms with Crippen LogP contribution in [0.2, 0.25) is 0 Å². The zero-order valence-electron chi connectivity index (χ0n) is 9.75. The van der Waals surface area contributed by atoms with Gasteiger partial charge in [0.1, 0.15) is 17.0 Å². The number of carbonyl (C=O) groups is 1. The molecule has 0 atom stereocenters. The average molecular weight is 245 g/mol. The molecular formula is C12H11N3O3. The molecule has 6 nitrogen and oxygen atoms in total. The van der Waals surface area contributed by atoms with Gasteiger partial charge in [0.25, 0.3) is 0 Å². The second kappa shape index (κ2) is 3.90. The Labute approximate surface area is 103 Å². The lowest BCUT2D eigenvalue weighted by Gasteiger charge is -1.98. The maximum Gasteiger partial charge on any atom is 0.341 e. The Balaban J connectivity index is 2.11. The van der Waals surface area contributed by atoms with Crippen molar-refractivity contribution >= 4 is 5.97 Å². The first kappa shape index (κ1) is 10.9. The molecular weight excluding hydrogens is 234 g/mol. The van der Waals surface area contributed by atoms with Crippen LogP contribution in [0.4, 0.5) is 0 Å². The van der Waals surface area contributed by atoms with E-state index in [-0.39, 0.29) is 17.2 Å². The zero-order chi connectivity index (χ0) is 12.7. The molecule has 3 rings (SSSR count). The van der Waals surface area contributed by atoms with E-state index in [1.807, 2.05) is 6.92 Å². The molecule has 2 aromatic heterocycles. The molecule has 2 aromatic rings. The van der Waals surface area contributed by atoms with Crippen LogP contribution in [0.3, 0.4) is 0 Å². The lowest BCUT2D eigenvalue weighted by molar-refractivity contribution is 0.0695. The first-order valence-electron chi connectivity index (χ1n) is 5.68. The lowest BCUT2D eigenvalue weighted by Crippen LogP contribution is -2.02. The van der Waals surface area contributed by atoms with E-state index in [1.54, 1.807) is 6.20 Å². The van der Waals surface area contributed by atoms with Gasteiger partial charge in [-0.1, -0.05) is 5.16 Å². The van der Waals surface area contributed by atoms with Crippen LogP contribution in [0.15, 0.2) is 16.9 Å². The summed E-state index contributed by atoms with van der Waals surface area (Å²) in [6, 6.07) is 0. The normalized spacial score (nSPS) is 14.7. The van der Waals surface area contributed by atoms with Crippen LogP contribution in [0.25, 0.3) is 11.4 Å². The molecule has 0 aliphatic heterocycles. The largest absolute Gasteiger partial charge is 0.477 e. The summed E-state index contributed by atoms with van der Waals surface area (Å²) in [4.78, 5) is 19.6. The van der Waals surface area contributed by atoms with E-state index in [2.05, 4.69) is 15.1 Å². The number of carboxylic acid groups (broad SMARTS) is 1. The van der Waals surface area contributed by atoms with E-state index in [4.69, 9.17) is 4.52 Å². The van der Waals surface area contributed by atoms with Gasteiger partial charge in [0.15, 0.2) is 5.76 Å². The second-order valence-electron chi connectivity index (χ2n) is 4.39. The highest BCUT2D eigenvalue weighted by Crippen LogP contribution is 2.43. The van der Waals surface area contributed by atoms with Gasteiger partial charge in [-0.05, 0) is 19.8 Å². The van der Waals surface area contributed by atoms with Crippen molar-refractivity contribution in [3.63, 3.8) is 0 Å². The molecule has 0 bridgehead atoms. The number of hydrogen-bond donors (Lipinski definition) is 1. The molecule has 92 valence electrons. The van der Waals surface area contributed by atoms with Gasteiger partial charge < -0.3 is 9.63 Å². The average Bonchev–Trinajstić information content (AvgIpc) is 3.09. The van der Waals surface area contributed by atoms with Crippen LogP contribution in [0.1, 0.15) is 40.6 Å². The lowest BCUT2D eigenvalue weighted by atomic mass is 10.1. The Kier molecular flexibility index (Phi) is 2.36. The van der Waals surface area contributed by atoms with Crippen LogP contribution < -0.4 is 0 Å². The predicted molar refractivity (Wildman–Crippen MR) is 61.2 cm³/mol. The highest BCUT2D eigenvalue weighted by molar-refractivity contribution is 5.95. The number of aromatic nitrogens is 3. The molecule has 0 unspecified atom stereocenters. The van der Waals surface area contributed by atoms with Crippen molar-refractivity contribution in [2.45, 2.75) is 25.7 Å². The van der Waals surface area contributed by atoms with Crippen molar-refractivity contribution in [1.82, 2.24) is 15.1 Å². The van der Waals surface area contributed by atoms with Crippen molar-refractivity contribution in [3.05, 3.63) is 29.4 Å². The summed E-state index contributed by atoms with van der Waals surface area (Å²) in [5.41, 5.74) is 1.57. The van der Waals surface area contributed by atoms with Crippen LogP contribution in [-0.2, 0) is 0 Å². The molecule has 1 aliphatic rings.